The van der Waals surface area contributed by atoms with Gasteiger partial charge in [-0.25, -0.2) is 8.42 Å². The normalized spacial score (nSPS) is 25.8. The lowest BCUT2D eigenvalue weighted by Gasteiger charge is -2.09. The molecule has 1 N–H and O–H groups in total. The molecule has 6 heteroatoms. The third kappa shape index (κ3) is 3.52. The Morgan fingerprint density at radius 3 is 2.69 bits per heavy atom. The number of hydrogen-bond acceptors (Lipinski definition) is 3. The van der Waals surface area contributed by atoms with Gasteiger partial charge in [0.1, 0.15) is 0 Å². The SMILES string of the molecule is O=C(CCCl)NC1CCS(=O)(=O)C1. The molecule has 0 aromatic rings. The maximum atomic E-state index is 11.0. The number of carbonyl (C=O) groups is 1. The van der Waals surface area contributed by atoms with Crippen LogP contribution in [-0.4, -0.2) is 37.8 Å². The summed E-state index contributed by atoms with van der Waals surface area (Å²) in [5.74, 6) is 0.350. The smallest absolute Gasteiger partial charge is 0.221 e. The molecule has 1 amide bonds. The van der Waals surface area contributed by atoms with E-state index in [4.69, 9.17) is 11.6 Å². The molecule has 0 spiro atoms. The maximum Gasteiger partial charge on any atom is 0.221 e. The van der Waals surface area contributed by atoms with E-state index in [9.17, 15) is 13.2 Å². The van der Waals surface area contributed by atoms with Gasteiger partial charge < -0.3 is 5.32 Å². The zero-order valence-corrected chi connectivity index (χ0v) is 8.70. The lowest BCUT2D eigenvalue weighted by atomic mass is 10.2. The van der Waals surface area contributed by atoms with Crippen LogP contribution < -0.4 is 5.32 Å². The number of amides is 1. The van der Waals surface area contributed by atoms with E-state index in [-0.39, 0.29) is 35.8 Å². The zero-order valence-electron chi connectivity index (χ0n) is 7.12. The molecule has 1 heterocycles. The molecule has 1 atom stereocenters. The van der Waals surface area contributed by atoms with E-state index < -0.39 is 9.84 Å². The van der Waals surface area contributed by atoms with Gasteiger partial charge in [0.25, 0.3) is 0 Å². The van der Waals surface area contributed by atoms with Gasteiger partial charge in [-0.15, -0.1) is 11.6 Å². The highest BCUT2D eigenvalue weighted by molar-refractivity contribution is 7.91. The number of sulfone groups is 1. The fourth-order valence-corrected chi connectivity index (χ4v) is 3.14. The van der Waals surface area contributed by atoms with Gasteiger partial charge in [-0.2, -0.15) is 0 Å². The molecule has 1 rings (SSSR count). The third-order valence-corrected chi connectivity index (χ3v) is 3.88. The van der Waals surface area contributed by atoms with Crippen LogP contribution in [0, 0.1) is 0 Å². The quantitative estimate of drug-likeness (QED) is 0.684. The van der Waals surface area contributed by atoms with E-state index in [1.807, 2.05) is 0 Å². The Balaban J connectivity index is 2.36. The van der Waals surface area contributed by atoms with Crippen molar-refractivity contribution in [3.8, 4) is 0 Å². The molecule has 13 heavy (non-hydrogen) atoms. The van der Waals surface area contributed by atoms with Gasteiger partial charge in [0, 0.05) is 18.3 Å². The van der Waals surface area contributed by atoms with Crippen LogP contribution in [0.4, 0.5) is 0 Å². The summed E-state index contributed by atoms with van der Waals surface area (Å²) in [5.41, 5.74) is 0. The second-order valence-electron chi connectivity index (χ2n) is 3.11. The number of hydrogen-bond donors (Lipinski definition) is 1. The number of nitrogens with one attached hydrogen (secondary N) is 1. The number of carbonyl (C=O) groups excluding carboxylic acids is 1. The van der Waals surface area contributed by atoms with Crippen molar-refractivity contribution in [3.05, 3.63) is 0 Å². The molecule has 4 nitrogen and oxygen atoms in total. The molecule has 0 aliphatic carbocycles. The Morgan fingerprint density at radius 1 is 1.54 bits per heavy atom. The summed E-state index contributed by atoms with van der Waals surface area (Å²) in [5, 5.41) is 2.63. The fraction of sp³-hybridized carbons (Fsp3) is 0.857. The van der Waals surface area contributed by atoms with E-state index in [1.54, 1.807) is 0 Å². The molecule has 1 fully saturated rings. The molecule has 0 aromatic heterocycles. The lowest BCUT2D eigenvalue weighted by molar-refractivity contribution is -0.121. The molecule has 0 radical (unpaired) electrons. The minimum absolute atomic E-state index is 0.0705. The van der Waals surface area contributed by atoms with Crippen molar-refractivity contribution in [3.63, 3.8) is 0 Å². The molecule has 0 saturated carbocycles. The average Bonchev–Trinajstić information content (AvgIpc) is 2.30. The van der Waals surface area contributed by atoms with Crippen molar-refractivity contribution < 1.29 is 13.2 Å². The van der Waals surface area contributed by atoms with Crippen molar-refractivity contribution in [2.75, 3.05) is 17.4 Å². The van der Waals surface area contributed by atoms with E-state index in [0.29, 0.717) is 6.42 Å². The van der Waals surface area contributed by atoms with Crippen LogP contribution in [0.15, 0.2) is 0 Å². The molecule has 76 valence electrons. The van der Waals surface area contributed by atoms with Crippen LogP contribution in [0.1, 0.15) is 12.8 Å². The van der Waals surface area contributed by atoms with E-state index in [2.05, 4.69) is 5.32 Å². The van der Waals surface area contributed by atoms with E-state index in [1.165, 1.54) is 0 Å². The molecule has 0 aromatic carbocycles. The summed E-state index contributed by atoms with van der Waals surface area (Å²) >= 11 is 5.36. The molecule has 1 aliphatic rings. The maximum absolute atomic E-state index is 11.0. The van der Waals surface area contributed by atoms with E-state index >= 15 is 0 Å². The van der Waals surface area contributed by atoms with Crippen LogP contribution in [-0.2, 0) is 14.6 Å². The highest BCUT2D eigenvalue weighted by Gasteiger charge is 2.28. The van der Waals surface area contributed by atoms with Gasteiger partial charge in [-0.3, -0.25) is 4.79 Å². The second-order valence-corrected chi connectivity index (χ2v) is 5.71. The minimum Gasteiger partial charge on any atom is -0.352 e. The number of halogens is 1. The van der Waals surface area contributed by atoms with Crippen LogP contribution >= 0.6 is 11.6 Å². The summed E-state index contributed by atoms with van der Waals surface area (Å²) in [6, 6.07) is -0.208. The van der Waals surface area contributed by atoms with Crippen LogP contribution in [0.2, 0.25) is 0 Å². The van der Waals surface area contributed by atoms with E-state index in [0.717, 1.165) is 0 Å². The summed E-state index contributed by atoms with van der Waals surface area (Å²) in [6.07, 6.45) is 0.772. The first-order chi connectivity index (χ1) is 6.03. The standard InChI is InChI=1S/C7H12ClNO3S/c8-3-1-7(10)9-6-2-4-13(11,12)5-6/h6H,1-5H2,(H,9,10). The van der Waals surface area contributed by atoms with Crippen molar-refractivity contribution in [2.45, 2.75) is 18.9 Å². The van der Waals surface area contributed by atoms with Gasteiger partial charge in [-0.1, -0.05) is 0 Å². The second kappa shape index (κ2) is 4.28. The van der Waals surface area contributed by atoms with Crippen LogP contribution in [0.3, 0.4) is 0 Å². The van der Waals surface area contributed by atoms with Crippen LogP contribution in [0.5, 0.6) is 0 Å². The Bertz CT molecular complexity index is 288. The van der Waals surface area contributed by atoms with Gasteiger partial charge in [-0.05, 0) is 6.42 Å². The minimum atomic E-state index is -2.90. The highest BCUT2D eigenvalue weighted by Crippen LogP contribution is 2.11. The van der Waals surface area contributed by atoms with Gasteiger partial charge >= 0.3 is 0 Å². The van der Waals surface area contributed by atoms with Crippen molar-refractivity contribution >= 4 is 27.3 Å². The third-order valence-electron chi connectivity index (χ3n) is 1.92. The largest absolute Gasteiger partial charge is 0.352 e. The predicted molar refractivity (Wildman–Crippen MR) is 50.5 cm³/mol. The lowest BCUT2D eigenvalue weighted by Crippen LogP contribution is -2.35. The number of alkyl halides is 1. The Morgan fingerprint density at radius 2 is 2.23 bits per heavy atom. The van der Waals surface area contributed by atoms with Crippen molar-refractivity contribution in [1.29, 1.82) is 0 Å². The summed E-state index contributed by atoms with van der Waals surface area (Å²) in [6.45, 7) is 0. The predicted octanol–water partition coefficient (Wildman–Crippen LogP) is -0.0814. The molecule has 1 saturated heterocycles. The first-order valence-corrected chi connectivity index (χ1v) is 6.45. The van der Waals surface area contributed by atoms with Crippen molar-refractivity contribution in [1.82, 2.24) is 5.32 Å². The molecule has 1 unspecified atom stereocenters. The molecular formula is C7H12ClNO3S. The Kier molecular flexibility index (Phi) is 3.55. The summed E-state index contributed by atoms with van der Waals surface area (Å²) < 4.78 is 22.0. The highest BCUT2D eigenvalue weighted by atomic mass is 35.5. The van der Waals surface area contributed by atoms with Crippen molar-refractivity contribution in [2.24, 2.45) is 0 Å². The summed E-state index contributed by atoms with van der Waals surface area (Å²) in [7, 11) is -2.90. The first-order valence-electron chi connectivity index (χ1n) is 4.09. The molecule has 1 aliphatic heterocycles. The molecule has 0 bridgehead atoms. The Hall–Kier alpha value is -0.290. The topological polar surface area (TPSA) is 63.2 Å². The first kappa shape index (κ1) is 10.8. The van der Waals surface area contributed by atoms with Gasteiger partial charge in [0.2, 0.25) is 5.91 Å². The van der Waals surface area contributed by atoms with Crippen LogP contribution in [0.25, 0.3) is 0 Å². The average molecular weight is 226 g/mol. The number of rotatable bonds is 3. The molecular weight excluding hydrogens is 214 g/mol. The Labute approximate surface area is 82.6 Å². The van der Waals surface area contributed by atoms with Gasteiger partial charge in [0.15, 0.2) is 9.84 Å². The monoisotopic (exact) mass is 225 g/mol. The zero-order chi connectivity index (χ0) is 9.90. The van der Waals surface area contributed by atoms with Gasteiger partial charge in [0.05, 0.1) is 11.5 Å². The fourth-order valence-electron chi connectivity index (χ4n) is 1.29. The summed E-state index contributed by atoms with van der Waals surface area (Å²) in [4.78, 5) is 11.0.